The third-order valence-corrected chi connectivity index (χ3v) is 8.61. The number of hydrogen-bond donors (Lipinski definition) is 1. The summed E-state index contributed by atoms with van der Waals surface area (Å²) in [6.07, 6.45) is 0.787. The summed E-state index contributed by atoms with van der Waals surface area (Å²) >= 11 is 1.46. The number of anilines is 1. The molecule has 2 fully saturated rings. The highest BCUT2D eigenvalue weighted by Crippen LogP contribution is 2.54. The molecule has 2 saturated heterocycles. The second-order valence-corrected chi connectivity index (χ2v) is 10.5. The number of methoxy groups -OCH3 is 1. The number of benzene rings is 3. The molecule has 6 rings (SSSR count). The minimum absolute atomic E-state index is 0.172. The first kappa shape index (κ1) is 24.3. The number of para-hydroxylation sites is 1. The second-order valence-electron chi connectivity index (χ2n) is 9.18. The molecule has 3 aromatic carbocycles. The first-order valence-electron chi connectivity index (χ1n) is 12.1. The molecule has 3 heterocycles. The number of hydrogen-bond acceptors (Lipinski definition) is 7. The van der Waals surface area contributed by atoms with Crippen LogP contribution in [0.25, 0.3) is 21.9 Å². The zero-order valence-electron chi connectivity index (χ0n) is 20.4. The van der Waals surface area contributed by atoms with Crippen LogP contribution in [0.4, 0.5) is 10.1 Å². The molecule has 2 amide bonds. The van der Waals surface area contributed by atoms with Crippen LogP contribution in [0.1, 0.15) is 18.4 Å². The summed E-state index contributed by atoms with van der Waals surface area (Å²) in [5.41, 5.74) is 2.42. The van der Waals surface area contributed by atoms with Gasteiger partial charge in [-0.05, 0) is 36.2 Å². The molecule has 0 radical (unpaired) electrons. The minimum atomic E-state index is -0.839. The Balaban J connectivity index is 1.16. The van der Waals surface area contributed by atoms with Crippen molar-refractivity contribution >= 4 is 57.2 Å². The second kappa shape index (κ2) is 9.36. The van der Waals surface area contributed by atoms with E-state index in [9.17, 15) is 18.8 Å². The van der Waals surface area contributed by atoms with Gasteiger partial charge in [0.1, 0.15) is 33.6 Å². The summed E-state index contributed by atoms with van der Waals surface area (Å²) in [7, 11) is 1.50. The number of fused-ring (bicyclic) bond motifs is 4. The molecule has 38 heavy (non-hydrogen) atoms. The van der Waals surface area contributed by atoms with Crippen LogP contribution in [-0.4, -0.2) is 48.2 Å². The maximum absolute atomic E-state index is 13.5. The number of carbonyl (C=O) groups is 3. The Kier molecular flexibility index (Phi) is 5.98. The average molecular weight is 535 g/mol. The highest BCUT2D eigenvalue weighted by Gasteiger charge is 2.57. The molecule has 0 unspecified atom stereocenters. The molecule has 2 atom stereocenters. The molecule has 0 spiro atoms. The topological polar surface area (TPSA) is 98.1 Å². The fraction of sp³-hybridized carbons (Fsp3) is 0.250. The van der Waals surface area contributed by atoms with Gasteiger partial charge in [-0.25, -0.2) is 9.18 Å². The fourth-order valence-electron chi connectivity index (χ4n) is 5.27. The van der Waals surface area contributed by atoms with Gasteiger partial charge in [0.25, 0.3) is 5.91 Å². The van der Waals surface area contributed by atoms with Crippen molar-refractivity contribution in [3.05, 3.63) is 72.0 Å². The van der Waals surface area contributed by atoms with Gasteiger partial charge >= 0.3 is 5.97 Å². The van der Waals surface area contributed by atoms with Crippen molar-refractivity contribution in [3.63, 3.8) is 0 Å². The Morgan fingerprint density at radius 2 is 1.92 bits per heavy atom. The normalized spacial score (nSPS) is 20.6. The maximum atomic E-state index is 13.5. The Morgan fingerprint density at radius 1 is 1.13 bits per heavy atom. The van der Waals surface area contributed by atoms with Crippen LogP contribution in [0, 0.1) is 5.82 Å². The molecule has 2 aliphatic heterocycles. The van der Waals surface area contributed by atoms with E-state index in [0.717, 1.165) is 16.3 Å². The van der Waals surface area contributed by atoms with E-state index in [-0.39, 0.29) is 18.1 Å². The molecular formula is C28H23FN2O6S. The largest absolute Gasteiger partial charge is 0.495 e. The van der Waals surface area contributed by atoms with Gasteiger partial charge in [-0.1, -0.05) is 30.3 Å². The molecule has 0 aliphatic carbocycles. The molecular weight excluding hydrogens is 511 g/mol. The zero-order chi connectivity index (χ0) is 26.4. The third-order valence-electron chi connectivity index (χ3n) is 7.01. The van der Waals surface area contributed by atoms with Gasteiger partial charge in [-0.2, -0.15) is 0 Å². The van der Waals surface area contributed by atoms with Gasteiger partial charge in [0.2, 0.25) is 5.91 Å². The smallest absolute Gasteiger partial charge is 0.330 e. The van der Waals surface area contributed by atoms with Crippen molar-refractivity contribution in [1.82, 2.24) is 4.90 Å². The number of thioether (sulfide) groups is 1. The highest BCUT2D eigenvalue weighted by molar-refractivity contribution is 8.00. The predicted octanol–water partition coefficient (Wildman–Crippen LogP) is 4.81. The van der Waals surface area contributed by atoms with Crippen molar-refractivity contribution in [2.24, 2.45) is 0 Å². The number of ether oxygens (including phenoxy) is 2. The number of esters is 1. The Labute approximate surface area is 221 Å². The Hall–Kier alpha value is -4.05. The monoisotopic (exact) mass is 534 g/mol. The van der Waals surface area contributed by atoms with Crippen molar-refractivity contribution < 1.29 is 32.7 Å². The van der Waals surface area contributed by atoms with Gasteiger partial charge in [0.05, 0.1) is 12.8 Å². The summed E-state index contributed by atoms with van der Waals surface area (Å²) in [5, 5.41) is 4.49. The lowest BCUT2D eigenvalue weighted by atomic mass is 10.0. The van der Waals surface area contributed by atoms with Gasteiger partial charge in [0.15, 0.2) is 6.61 Å². The first-order valence-corrected chi connectivity index (χ1v) is 13.1. The Bertz CT molecular complexity index is 1590. The lowest BCUT2D eigenvalue weighted by Gasteiger charge is -2.33. The summed E-state index contributed by atoms with van der Waals surface area (Å²) < 4.78 is 30.2. The van der Waals surface area contributed by atoms with Crippen LogP contribution in [0.5, 0.6) is 5.75 Å². The number of furan rings is 1. The van der Waals surface area contributed by atoms with E-state index in [1.54, 1.807) is 24.3 Å². The number of nitrogens with one attached hydrogen (secondary N) is 1. The number of carbonyl (C=O) groups excluding carboxylic acids is 3. The SMILES string of the molecule is COc1cc2c(cc1NC(=O)COC(=O)[C@@H]1CS[C@@]3(c4ccc(F)cc4)CCC(=O)N13)oc1ccccc12. The molecule has 10 heteroatoms. The van der Waals surface area contributed by atoms with E-state index in [1.807, 2.05) is 24.3 Å². The van der Waals surface area contributed by atoms with Crippen molar-refractivity contribution in [3.8, 4) is 5.75 Å². The molecule has 8 nitrogen and oxygen atoms in total. The average Bonchev–Trinajstić information content (AvgIpc) is 3.59. The molecule has 1 aromatic heterocycles. The van der Waals surface area contributed by atoms with Crippen LogP contribution in [0.3, 0.4) is 0 Å². The molecule has 1 N–H and O–H groups in total. The van der Waals surface area contributed by atoms with Crippen molar-refractivity contribution in [1.29, 1.82) is 0 Å². The van der Waals surface area contributed by atoms with Crippen LogP contribution in [0.15, 0.2) is 65.1 Å². The van der Waals surface area contributed by atoms with Crippen LogP contribution >= 0.6 is 11.8 Å². The fourth-order valence-corrected chi connectivity index (χ4v) is 6.90. The van der Waals surface area contributed by atoms with Crippen LogP contribution < -0.4 is 10.1 Å². The molecule has 0 bridgehead atoms. The number of halogens is 1. The first-order chi connectivity index (χ1) is 18.4. The van der Waals surface area contributed by atoms with E-state index in [4.69, 9.17) is 13.9 Å². The number of nitrogens with zero attached hydrogens (tertiary/aromatic N) is 1. The number of rotatable bonds is 6. The lowest BCUT2D eigenvalue weighted by Crippen LogP contribution is -2.47. The van der Waals surface area contributed by atoms with Crippen molar-refractivity contribution in [2.45, 2.75) is 23.8 Å². The Morgan fingerprint density at radius 3 is 2.71 bits per heavy atom. The maximum Gasteiger partial charge on any atom is 0.330 e. The molecule has 4 aromatic rings. The van der Waals surface area contributed by atoms with Gasteiger partial charge in [-0.3, -0.25) is 9.59 Å². The van der Waals surface area contributed by atoms with Gasteiger partial charge in [-0.15, -0.1) is 11.8 Å². The van der Waals surface area contributed by atoms with E-state index in [0.29, 0.717) is 34.8 Å². The van der Waals surface area contributed by atoms with E-state index in [2.05, 4.69) is 5.32 Å². The van der Waals surface area contributed by atoms with Crippen molar-refractivity contribution in [2.75, 3.05) is 24.8 Å². The number of amides is 2. The standard InChI is InChI=1S/C28H23FN2O6S/c1-35-24-12-19-18-4-2-3-5-22(18)37-23(19)13-20(24)30-25(32)14-36-27(34)21-15-38-28(11-10-26(33)31(21)28)16-6-8-17(29)9-7-16/h2-9,12-13,21H,10-11,14-15H2,1H3,(H,30,32)/t21-,28+/m0/s1. The van der Waals surface area contributed by atoms with Crippen LogP contribution in [0.2, 0.25) is 0 Å². The summed E-state index contributed by atoms with van der Waals surface area (Å²) in [6.45, 7) is -0.535. The van der Waals surface area contributed by atoms with Gasteiger partial charge in [0, 0.05) is 29.0 Å². The molecule has 2 aliphatic rings. The molecule has 194 valence electrons. The minimum Gasteiger partial charge on any atom is -0.495 e. The predicted molar refractivity (Wildman–Crippen MR) is 140 cm³/mol. The van der Waals surface area contributed by atoms with E-state index >= 15 is 0 Å². The lowest BCUT2D eigenvalue weighted by molar-refractivity contribution is -0.155. The van der Waals surface area contributed by atoms with E-state index in [1.165, 1.54) is 35.9 Å². The van der Waals surface area contributed by atoms with E-state index < -0.39 is 29.4 Å². The summed E-state index contributed by atoms with van der Waals surface area (Å²) in [6, 6.07) is 16.2. The third kappa shape index (κ3) is 3.96. The van der Waals surface area contributed by atoms with Gasteiger partial charge < -0.3 is 24.1 Å². The molecule has 0 saturated carbocycles. The van der Waals surface area contributed by atoms with Crippen LogP contribution in [-0.2, 0) is 24.0 Å². The zero-order valence-corrected chi connectivity index (χ0v) is 21.2. The highest BCUT2D eigenvalue weighted by atomic mass is 32.2. The summed E-state index contributed by atoms with van der Waals surface area (Å²) in [5.74, 6) is -1.01. The summed E-state index contributed by atoms with van der Waals surface area (Å²) in [4.78, 5) is 39.3. The quantitative estimate of drug-likeness (QED) is 0.355.